The van der Waals surface area contributed by atoms with Crippen molar-refractivity contribution in [1.82, 2.24) is 19.6 Å². The van der Waals surface area contributed by atoms with Crippen LogP contribution in [0.5, 0.6) is 0 Å². The zero-order chi connectivity index (χ0) is 21.9. The third kappa shape index (κ3) is 5.01. The van der Waals surface area contributed by atoms with Gasteiger partial charge in [-0.05, 0) is 51.4 Å². The average molecular weight is 445 g/mol. The smallest absolute Gasteiger partial charge is 0.225 e. The van der Waals surface area contributed by atoms with E-state index in [9.17, 15) is 9.59 Å². The van der Waals surface area contributed by atoms with Gasteiger partial charge in [0.25, 0.3) is 0 Å². The lowest BCUT2D eigenvalue weighted by atomic mass is 9.80. The molecular formula is C26H44N4O2. The SMILES string of the molecule is O=C(C1CCC(C(=O)N2CCN(C3CCCC3)CC2)CC1)N1CCN(C2CCCC2)CC1. The fraction of sp³-hybridized carbons (Fsp3) is 0.923. The van der Waals surface area contributed by atoms with Crippen LogP contribution in [-0.2, 0) is 9.59 Å². The van der Waals surface area contributed by atoms with E-state index in [0.717, 1.165) is 90.1 Å². The van der Waals surface area contributed by atoms with Crippen molar-refractivity contribution in [3.05, 3.63) is 0 Å². The predicted octanol–water partition coefficient (Wildman–Crippen LogP) is 2.97. The van der Waals surface area contributed by atoms with E-state index in [1.165, 1.54) is 51.4 Å². The molecule has 3 aliphatic carbocycles. The number of hydrogen-bond donors (Lipinski definition) is 0. The molecule has 0 N–H and O–H groups in total. The van der Waals surface area contributed by atoms with Crippen LogP contribution < -0.4 is 0 Å². The van der Waals surface area contributed by atoms with Crippen LogP contribution in [0.3, 0.4) is 0 Å². The van der Waals surface area contributed by atoms with E-state index in [4.69, 9.17) is 0 Å². The van der Waals surface area contributed by atoms with Crippen LogP contribution in [0.1, 0.15) is 77.0 Å². The summed E-state index contributed by atoms with van der Waals surface area (Å²) >= 11 is 0. The number of carbonyl (C=O) groups is 2. The molecule has 6 nitrogen and oxygen atoms in total. The molecule has 2 saturated heterocycles. The molecule has 180 valence electrons. The van der Waals surface area contributed by atoms with Crippen molar-refractivity contribution in [2.45, 2.75) is 89.1 Å². The highest BCUT2D eigenvalue weighted by molar-refractivity contribution is 5.81. The minimum Gasteiger partial charge on any atom is -0.340 e. The standard InChI is InChI=1S/C26H44N4O2/c31-25(29-17-13-27(14-18-29)23-5-1-2-6-23)21-9-11-22(12-10-21)26(32)30-19-15-28(16-20-30)24-7-3-4-8-24/h21-24H,1-20H2. The summed E-state index contributed by atoms with van der Waals surface area (Å²) in [6.07, 6.45) is 14.5. The molecule has 0 atom stereocenters. The zero-order valence-electron chi connectivity index (χ0n) is 20.1. The molecule has 0 aromatic heterocycles. The lowest BCUT2D eigenvalue weighted by Crippen LogP contribution is -2.54. The summed E-state index contributed by atoms with van der Waals surface area (Å²) in [5.41, 5.74) is 0. The van der Waals surface area contributed by atoms with Crippen molar-refractivity contribution in [2.75, 3.05) is 52.4 Å². The van der Waals surface area contributed by atoms with Gasteiger partial charge in [-0.1, -0.05) is 25.7 Å². The number of amides is 2. The molecule has 0 bridgehead atoms. The van der Waals surface area contributed by atoms with Crippen molar-refractivity contribution in [1.29, 1.82) is 0 Å². The minimum absolute atomic E-state index is 0.149. The van der Waals surface area contributed by atoms with Crippen LogP contribution >= 0.6 is 0 Å². The van der Waals surface area contributed by atoms with Crippen LogP contribution in [0.15, 0.2) is 0 Å². The number of nitrogens with zero attached hydrogens (tertiary/aromatic N) is 4. The van der Waals surface area contributed by atoms with Crippen LogP contribution in [0.25, 0.3) is 0 Å². The maximum absolute atomic E-state index is 13.1. The van der Waals surface area contributed by atoms with Crippen LogP contribution in [0.2, 0.25) is 0 Å². The molecule has 32 heavy (non-hydrogen) atoms. The molecule has 0 aromatic carbocycles. The van der Waals surface area contributed by atoms with E-state index >= 15 is 0 Å². The summed E-state index contributed by atoms with van der Waals surface area (Å²) in [6.45, 7) is 7.82. The quantitative estimate of drug-likeness (QED) is 0.669. The first-order chi connectivity index (χ1) is 15.7. The van der Waals surface area contributed by atoms with Crippen LogP contribution in [-0.4, -0.2) is 95.9 Å². The Morgan fingerprint density at radius 2 is 0.750 bits per heavy atom. The maximum atomic E-state index is 13.1. The highest BCUT2D eigenvalue weighted by atomic mass is 16.2. The Morgan fingerprint density at radius 1 is 0.438 bits per heavy atom. The summed E-state index contributed by atoms with van der Waals surface area (Å²) < 4.78 is 0. The second kappa shape index (κ2) is 10.4. The first-order valence-electron chi connectivity index (χ1n) is 13.7. The molecule has 3 saturated carbocycles. The lowest BCUT2D eigenvalue weighted by molar-refractivity contribution is -0.143. The molecule has 5 aliphatic rings. The van der Waals surface area contributed by atoms with Gasteiger partial charge in [-0.2, -0.15) is 0 Å². The monoisotopic (exact) mass is 444 g/mol. The molecular weight excluding hydrogens is 400 g/mol. The molecule has 2 amide bonds. The van der Waals surface area contributed by atoms with E-state index in [1.54, 1.807) is 0 Å². The Kier molecular flexibility index (Phi) is 7.37. The van der Waals surface area contributed by atoms with Gasteiger partial charge in [-0.15, -0.1) is 0 Å². The van der Waals surface area contributed by atoms with Gasteiger partial charge in [0.2, 0.25) is 11.8 Å². The van der Waals surface area contributed by atoms with Gasteiger partial charge >= 0.3 is 0 Å². The second-order valence-electron chi connectivity index (χ2n) is 11.1. The van der Waals surface area contributed by atoms with Gasteiger partial charge in [-0.25, -0.2) is 0 Å². The Labute approximate surface area is 194 Å². The summed E-state index contributed by atoms with van der Waals surface area (Å²) in [5, 5.41) is 0. The Morgan fingerprint density at radius 3 is 1.06 bits per heavy atom. The molecule has 6 heteroatoms. The molecule has 0 spiro atoms. The molecule has 0 radical (unpaired) electrons. The average Bonchev–Trinajstić information content (AvgIpc) is 3.58. The number of carbonyl (C=O) groups excluding carboxylic acids is 2. The Hall–Kier alpha value is -1.14. The third-order valence-corrected chi connectivity index (χ3v) is 9.36. The van der Waals surface area contributed by atoms with Crippen LogP contribution in [0.4, 0.5) is 0 Å². The zero-order valence-corrected chi connectivity index (χ0v) is 20.1. The minimum atomic E-state index is 0.149. The van der Waals surface area contributed by atoms with E-state index in [0.29, 0.717) is 11.8 Å². The van der Waals surface area contributed by atoms with Gasteiger partial charge in [0.15, 0.2) is 0 Å². The molecule has 2 heterocycles. The number of hydrogen-bond acceptors (Lipinski definition) is 4. The summed E-state index contributed by atoms with van der Waals surface area (Å²) in [6, 6.07) is 1.54. The molecule has 5 fully saturated rings. The van der Waals surface area contributed by atoms with Gasteiger partial charge in [0, 0.05) is 76.3 Å². The van der Waals surface area contributed by atoms with Gasteiger partial charge in [0.1, 0.15) is 0 Å². The summed E-state index contributed by atoms with van der Waals surface area (Å²) in [4.78, 5) is 35.8. The molecule has 0 unspecified atom stereocenters. The summed E-state index contributed by atoms with van der Waals surface area (Å²) in [7, 11) is 0. The van der Waals surface area contributed by atoms with E-state index in [2.05, 4.69) is 19.6 Å². The third-order valence-electron chi connectivity index (χ3n) is 9.36. The molecule has 2 aliphatic heterocycles. The van der Waals surface area contributed by atoms with E-state index in [1.807, 2.05) is 0 Å². The summed E-state index contributed by atoms with van der Waals surface area (Å²) in [5.74, 6) is 1.03. The van der Waals surface area contributed by atoms with Crippen molar-refractivity contribution in [3.8, 4) is 0 Å². The van der Waals surface area contributed by atoms with Crippen molar-refractivity contribution >= 4 is 11.8 Å². The lowest BCUT2D eigenvalue weighted by Gasteiger charge is -2.41. The fourth-order valence-corrected chi connectivity index (χ4v) is 7.26. The van der Waals surface area contributed by atoms with Crippen molar-refractivity contribution in [2.24, 2.45) is 11.8 Å². The van der Waals surface area contributed by atoms with Gasteiger partial charge < -0.3 is 9.80 Å². The van der Waals surface area contributed by atoms with E-state index in [-0.39, 0.29) is 11.8 Å². The van der Waals surface area contributed by atoms with Crippen molar-refractivity contribution in [3.63, 3.8) is 0 Å². The Balaban J connectivity index is 1.03. The van der Waals surface area contributed by atoms with E-state index < -0.39 is 0 Å². The highest BCUT2D eigenvalue weighted by Crippen LogP contribution is 2.33. The second-order valence-corrected chi connectivity index (χ2v) is 11.1. The molecule has 5 rings (SSSR count). The maximum Gasteiger partial charge on any atom is 0.225 e. The fourth-order valence-electron chi connectivity index (χ4n) is 7.26. The number of rotatable bonds is 4. The number of piperazine rings is 2. The first kappa shape index (κ1) is 22.6. The first-order valence-corrected chi connectivity index (χ1v) is 13.7. The van der Waals surface area contributed by atoms with Gasteiger partial charge in [0.05, 0.1) is 0 Å². The topological polar surface area (TPSA) is 47.1 Å². The largest absolute Gasteiger partial charge is 0.340 e. The molecule has 0 aromatic rings. The predicted molar refractivity (Wildman–Crippen MR) is 126 cm³/mol. The van der Waals surface area contributed by atoms with Gasteiger partial charge in [-0.3, -0.25) is 19.4 Å². The van der Waals surface area contributed by atoms with Crippen molar-refractivity contribution < 1.29 is 9.59 Å². The van der Waals surface area contributed by atoms with Crippen LogP contribution in [0, 0.1) is 11.8 Å². The Bertz CT molecular complexity index is 578. The highest BCUT2D eigenvalue weighted by Gasteiger charge is 2.36. The normalized spacial score (nSPS) is 32.0.